The van der Waals surface area contributed by atoms with E-state index in [1.807, 2.05) is 12.1 Å². The third-order valence-corrected chi connectivity index (χ3v) is 2.23. The molecule has 1 saturated carbocycles. The summed E-state index contributed by atoms with van der Waals surface area (Å²) < 4.78 is 0. The van der Waals surface area contributed by atoms with Gasteiger partial charge in [0.2, 0.25) is 0 Å². The molecule has 1 radical (unpaired) electrons. The fourth-order valence-electron chi connectivity index (χ4n) is 1.11. The summed E-state index contributed by atoms with van der Waals surface area (Å²) in [6.45, 7) is 2.25. The van der Waals surface area contributed by atoms with Crippen molar-refractivity contribution >= 4 is 0 Å². The molecule has 1 nitrogen and oxygen atoms in total. The SMILES string of the molecule is CC1(c2ccc[c]n2)CC1. The van der Waals surface area contributed by atoms with Gasteiger partial charge in [-0.1, -0.05) is 13.0 Å². The fraction of sp³-hybridized carbons (Fsp3) is 0.444. The van der Waals surface area contributed by atoms with Gasteiger partial charge in [0.15, 0.2) is 0 Å². The predicted octanol–water partition coefficient (Wildman–Crippen LogP) is 1.93. The Labute approximate surface area is 61.1 Å². The van der Waals surface area contributed by atoms with Gasteiger partial charge in [0.25, 0.3) is 0 Å². The summed E-state index contributed by atoms with van der Waals surface area (Å²) in [5.41, 5.74) is 1.60. The van der Waals surface area contributed by atoms with Gasteiger partial charge in [0.1, 0.15) is 0 Å². The molecular formula is C9H10N. The minimum absolute atomic E-state index is 0.401. The van der Waals surface area contributed by atoms with E-state index in [-0.39, 0.29) is 0 Å². The third-order valence-electron chi connectivity index (χ3n) is 2.23. The second kappa shape index (κ2) is 1.82. The molecule has 2 rings (SSSR count). The molecule has 1 heteroatoms. The number of hydrogen-bond donors (Lipinski definition) is 0. The summed E-state index contributed by atoms with van der Waals surface area (Å²) in [5.74, 6) is 0. The summed E-state index contributed by atoms with van der Waals surface area (Å²) in [5, 5.41) is 0. The van der Waals surface area contributed by atoms with Crippen molar-refractivity contribution in [2.45, 2.75) is 25.2 Å². The topological polar surface area (TPSA) is 12.9 Å². The minimum atomic E-state index is 0.401. The van der Waals surface area contributed by atoms with Gasteiger partial charge in [-0.15, -0.1) is 0 Å². The zero-order valence-corrected chi connectivity index (χ0v) is 6.09. The molecule has 0 aromatic carbocycles. The Morgan fingerprint density at radius 2 is 2.40 bits per heavy atom. The van der Waals surface area contributed by atoms with Gasteiger partial charge in [-0.2, -0.15) is 0 Å². The van der Waals surface area contributed by atoms with E-state index in [1.165, 1.54) is 18.5 Å². The molecular weight excluding hydrogens is 122 g/mol. The van der Waals surface area contributed by atoms with Crippen LogP contribution < -0.4 is 0 Å². The van der Waals surface area contributed by atoms with Crippen LogP contribution in [-0.2, 0) is 5.41 Å². The van der Waals surface area contributed by atoms with Crippen molar-refractivity contribution in [2.75, 3.05) is 0 Å². The average molecular weight is 132 g/mol. The van der Waals surface area contributed by atoms with E-state index in [2.05, 4.69) is 24.2 Å². The molecule has 0 unspecified atom stereocenters. The molecule has 0 spiro atoms. The first kappa shape index (κ1) is 5.90. The molecule has 0 N–H and O–H groups in total. The van der Waals surface area contributed by atoms with E-state index in [9.17, 15) is 0 Å². The summed E-state index contributed by atoms with van der Waals surface area (Å²) in [4.78, 5) is 4.19. The second-order valence-electron chi connectivity index (χ2n) is 3.21. The van der Waals surface area contributed by atoms with Gasteiger partial charge in [-0.3, -0.25) is 4.98 Å². The average Bonchev–Trinajstić information content (AvgIpc) is 2.72. The monoisotopic (exact) mass is 132 g/mol. The highest BCUT2D eigenvalue weighted by atomic mass is 14.7. The zero-order chi connectivity index (χ0) is 7.03. The van der Waals surface area contributed by atoms with Gasteiger partial charge in [-0.25, -0.2) is 0 Å². The molecule has 1 aromatic rings. The Morgan fingerprint density at radius 1 is 1.60 bits per heavy atom. The smallest absolute Gasteiger partial charge is 0.0889 e. The molecule has 1 fully saturated rings. The summed E-state index contributed by atoms with van der Waals surface area (Å²) >= 11 is 0. The van der Waals surface area contributed by atoms with Crippen molar-refractivity contribution in [2.24, 2.45) is 0 Å². The van der Waals surface area contributed by atoms with Crippen molar-refractivity contribution in [1.29, 1.82) is 0 Å². The lowest BCUT2D eigenvalue weighted by Crippen LogP contribution is -2.01. The highest BCUT2D eigenvalue weighted by Crippen LogP contribution is 2.46. The van der Waals surface area contributed by atoms with Gasteiger partial charge in [0, 0.05) is 11.1 Å². The van der Waals surface area contributed by atoms with Crippen LogP contribution >= 0.6 is 0 Å². The molecule has 1 heterocycles. The van der Waals surface area contributed by atoms with Crippen molar-refractivity contribution < 1.29 is 0 Å². The maximum Gasteiger partial charge on any atom is 0.0889 e. The van der Waals surface area contributed by atoms with E-state index < -0.39 is 0 Å². The Morgan fingerprint density at radius 3 is 2.90 bits per heavy atom. The quantitative estimate of drug-likeness (QED) is 0.569. The van der Waals surface area contributed by atoms with E-state index >= 15 is 0 Å². The number of pyridine rings is 1. The first-order valence-electron chi connectivity index (χ1n) is 3.65. The van der Waals surface area contributed by atoms with Crippen LogP contribution in [0, 0.1) is 6.20 Å². The standard InChI is InChI=1S/C9H10N/c1-9(5-6-9)8-4-2-3-7-10-8/h2-4H,5-6H2,1H3. The van der Waals surface area contributed by atoms with Crippen LogP contribution in [0.25, 0.3) is 0 Å². The molecule has 0 atom stereocenters. The lowest BCUT2D eigenvalue weighted by atomic mass is 10.1. The van der Waals surface area contributed by atoms with Gasteiger partial charge < -0.3 is 0 Å². The highest BCUT2D eigenvalue weighted by Gasteiger charge is 2.40. The van der Waals surface area contributed by atoms with Crippen molar-refractivity contribution in [1.82, 2.24) is 4.98 Å². The predicted molar refractivity (Wildman–Crippen MR) is 39.7 cm³/mol. The lowest BCUT2D eigenvalue weighted by Gasteiger charge is -2.04. The number of rotatable bonds is 1. The number of hydrogen-bond acceptors (Lipinski definition) is 1. The van der Waals surface area contributed by atoms with Crippen molar-refractivity contribution in [3.8, 4) is 0 Å². The van der Waals surface area contributed by atoms with E-state index in [1.54, 1.807) is 0 Å². The number of aromatic nitrogens is 1. The molecule has 1 aromatic heterocycles. The van der Waals surface area contributed by atoms with Gasteiger partial charge >= 0.3 is 0 Å². The fourth-order valence-corrected chi connectivity index (χ4v) is 1.11. The highest BCUT2D eigenvalue weighted by molar-refractivity contribution is 5.21. The van der Waals surface area contributed by atoms with Crippen LogP contribution in [-0.4, -0.2) is 4.98 Å². The lowest BCUT2D eigenvalue weighted by molar-refractivity contribution is 0.749. The molecule has 1 aliphatic rings. The normalized spacial score (nSPS) is 20.5. The summed E-state index contributed by atoms with van der Waals surface area (Å²) in [7, 11) is 0. The largest absolute Gasteiger partial charge is 0.251 e. The Kier molecular flexibility index (Phi) is 1.07. The Balaban J connectivity index is 2.35. The van der Waals surface area contributed by atoms with Crippen LogP contribution in [0.1, 0.15) is 25.5 Å². The first-order valence-corrected chi connectivity index (χ1v) is 3.65. The van der Waals surface area contributed by atoms with Crippen LogP contribution in [0.3, 0.4) is 0 Å². The van der Waals surface area contributed by atoms with E-state index in [4.69, 9.17) is 0 Å². The molecule has 0 aliphatic heterocycles. The molecule has 1 aliphatic carbocycles. The molecule has 0 amide bonds. The van der Waals surface area contributed by atoms with E-state index in [0.717, 1.165) is 0 Å². The van der Waals surface area contributed by atoms with Crippen LogP contribution in [0.4, 0.5) is 0 Å². The Bertz CT molecular complexity index is 224. The molecule has 51 valence electrons. The van der Waals surface area contributed by atoms with Gasteiger partial charge in [-0.05, 0) is 25.0 Å². The zero-order valence-electron chi connectivity index (χ0n) is 6.09. The molecule has 0 saturated heterocycles. The minimum Gasteiger partial charge on any atom is -0.251 e. The number of nitrogens with zero attached hydrogens (tertiary/aromatic N) is 1. The molecule has 0 bridgehead atoms. The van der Waals surface area contributed by atoms with Crippen LogP contribution in [0.5, 0.6) is 0 Å². The third kappa shape index (κ3) is 0.821. The maximum atomic E-state index is 4.19. The molecule has 10 heavy (non-hydrogen) atoms. The van der Waals surface area contributed by atoms with Crippen LogP contribution in [0.2, 0.25) is 0 Å². The van der Waals surface area contributed by atoms with Gasteiger partial charge in [0.05, 0.1) is 6.20 Å². The first-order chi connectivity index (χ1) is 4.81. The van der Waals surface area contributed by atoms with E-state index in [0.29, 0.717) is 5.41 Å². The second-order valence-corrected chi connectivity index (χ2v) is 3.21. The van der Waals surface area contributed by atoms with Crippen LogP contribution in [0.15, 0.2) is 18.2 Å². The Hall–Kier alpha value is -0.850. The summed E-state index contributed by atoms with van der Waals surface area (Å²) in [6, 6.07) is 5.94. The summed E-state index contributed by atoms with van der Waals surface area (Å²) in [6.07, 6.45) is 5.44. The maximum absolute atomic E-state index is 4.19. The van der Waals surface area contributed by atoms with Crippen molar-refractivity contribution in [3.05, 3.63) is 30.1 Å². The van der Waals surface area contributed by atoms with Crippen molar-refractivity contribution in [3.63, 3.8) is 0 Å².